The molecule has 4 aromatic rings. The lowest BCUT2D eigenvalue weighted by Gasteiger charge is -2.20. The van der Waals surface area contributed by atoms with E-state index in [2.05, 4.69) is 45.0 Å². The van der Waals surface area contributed by atoms with Crippen molar-refractivity contribution in [2.45, 2.75) is 44.9 Å². The van der Waals surface area contributed by atoms with E-state index in [-0.39, 0.29) is 18.9 Å². The van der Waals surface area contributed by atoms with Crippen LogP contribution in [0.3, 0.4) is 0 Å². The number of hydrogen-bond donors (Lipinski definition) is 1. The normalized spacial score (nSPS) is 11.9. The Labute approximate surface area is 273 Å². The van der Waals surface area contributed by atoms with Crippen LogP contribution in [0.25, 0.3) is 17.1 Å². The van der Waals surface area contributed by atoms with Crippen molar-refractivity contribution < 1.29 is 31.4 Å². The number of rotatable bonds is 14. The molecule has 0 aliphatic rings. The van der Waals surface area contributed by atoms with Gasteiger partial charge in [0, 0.05) is 29.6 Å². The van der Waals surface area contributed by atoms with Crippen LogP contribution in [0.5, 0.6) is 11.5 Å². The number of alkyl halides is 5. The maximum Gasteiger partial charge on any atom is 0.499 e. The Bertz CT molecular complexity index is 1750. The lowest BCUT2D eigenvalue weighted by molar-refractivity contribution is -0.360. The molecule has 0 saturated heterocycles. The first-order valence-corrected chi connectivity index (χ1v) is 14.8. The highest BCUT2D eigenvalue weighted by Crippen LogP contribution is 2.37. The Morgan fingerprint density at radius 1 is 1.04 bits per heavy atom. The van der Waals surface area contributed by atoms with Crippen LogP contribution in [-0.4, -0.2) is 58.3 Å². The summed E-state index contributed by atoms with van der Waals surface area (Å²) in [5, 5.41) is 16.4. The molecular formula is C33H31F5N6O2S. The van der Waals surface area contributed by atoms with Crippen LogP contribution < -0.4 is 14.8 Å². The first-order chi connectivity index (χ1) is 22.3. The van der Waals surface area contributed by atoms with Gasteiger partial charge in [0.05, 0.1) is 31.8 Å². The maximum absolute atomic E-state index is 13.3. The predicted octanol–water partition coefficient (Wildman–Crippen LogP) is 7.96. The summed E-state index contributed by atoms with van der Waals surface area (Å²) in [6.45, 7) is 4.87. The number of thiocarbonyl (C=S) groups is 1. The van der Waals surface area contributed by atoms with Crippen molar-refractivity contribution in [3.05, 3.63) is 83.4 Å². The van der Waals surface area contributed by atoms with E-state index in [1.807, 2.05) is 30.3 Å². The number of hydrogen-bond acceptors (Lipinski definition) is 8. The quantitative estimate of drug-likeness (QED) is 0.0629. The standard InChI is InChI=1S/C33H31F5N6O2S/c1-21(2)29-14-13-27(45-3)17-24(29)18-28(47)20-40-19-22-5-7-23(8-6-22)30-42-31(41-16-4-15-39)44(43-30)25-9-11-26(12-10-25)46-33(37,38)32(34,35)36/h5-14,17,19,21H,4,16,18,20H2,1-3H3,(H,41,42,43). The lowest BCUT2D eigenvalue weighted by atomic mass is 9.94. The highest BCUT2D eigenvalue weighted by Gasteiger charge is 2.61. The second-order valence-electron chi connectivity index (χ2n) is 10.6. The van der Waals surface area contributed by atoms with Gasteiger partial charge in [0.1, 0.15) is 11.5 Å². The van der Waals surface area contributed by atoms with Crippen molar-refractivity contribution in [1.82, 2.24) is 14.8 Å². The minimum absolute atomic E-state index is 0.164. The zero-order valence-electron chi connectivity index (χ0n) is 25.7. The molecule has 0 unspecified atom stereocenters. The van der Waals surface area contributed by atoms with Crippen LogP contribution in [0.1, 0.15) is 42.9 Å². The molecule has 0 aliphatic carbocycles. The van der Waals surface area contributed by atoms with Crippen molar-refractivity contribution >= 4 is 29.2 Å². The average Bonchev–Trinajstić information content (AvgIpc) is 3.45. The molecule has 8 nitrogen and oxygen atoms in total. The first-order valence-electron chi connectivity index (χ1n) is 14.4. The second-order valence-corrected chi connectivity index (χ2v) is 11.2. The number of aromatic nitrogens is 3. The molecule has 4 rings (SSSR count). The minimum Gasteiger partial charge on any atom is -0.497 e. The summed E-state index contributed by atoms with van der Waals surface area (Å²) in [4.78, 5) is 9.80. The minimum atomic E-state index is -5.87. The van der Waals surface area contributed by atoms with Gasteiger partial charge in [-0.3, -0.25) is 4.99 Å². The van der Waals surface area contributed by atoms with Crippen LogP contribution >= 0.6 is 12.2 Å². The van der Waals surface area contributed by atoms with Gasteiger partial charge in [-0.15, -0.1) is 5.10 Å². The van der Waals surface area contributed by atoms with E-state index in [0.717, 1.165) is 33.9 Å². The Balaban J connectivity index is 1.47. The molecule has 0 saturated carbocycles. The molecule has 246 valence electrons. The van der Waals surface area contributed by atoms with Gasteiger partial charge < -0.3 is 14.8 Å². The van der Waals surface area contributed by atoms with E-state index in [1.54, 1.807) is 25.5 Å². The Hall–Kier alpha value is -4.90. The maximum atomic E-state index is 13.3. The summed E-state index contributed by atoms with van der Waals surface area (Å²) in [6.07, 6.45) is -8.73. The zero-order valence-corrected chi connectivity index (χ0v) is 26.5. The van der Waals surface area contributed by atoms with Gasteiger partial charge in [0.2, 0.25) is 5.95 Å². The fourth-order valence-electron chi connectivity index (χ4n) is 4.49. The van der Waals surface area contributed by atoms with E-state index in [0.29, 0.717) is 36.0 Å². The Morgan fingerprint density at radius 3 is 2.34 bits per heavy atom. The Morgan fingerprint density at radius 2 is 1.72 bits per heavy atom. The molecule has 1 heterocycles. The second kappa shape index (κ2) is 15.1. The number of aliphatic imine (C=N–C) groups is 1. The van der Waals surface area contributed by atoms with Crippen LogP contribution in [0.4, 0.5) is 27.9 Å². The summed E-state index contributed by atoms with van der Waals surface area (Å²) in [7, 11) is 1.63. The molecule has 0 bridgehead atoms. The van der Waals surface area contributed by atoms with Crippen molar-refractivity contribution in [2.75, 3.05) is 25.5 Å². The average molecular weight is 671 g/mol. The molecule has 0 atom stereocenters. The monoisotopic (exact) mass is 670 g/mol. The van der Waals surface area contributed by atoms with Gasteiger partial charge in [0.15, 0.2) is 5.82 Å². The molecule has 1 aromatic heterocycles. The highest BCUT2D eigenvalue weighted by atomic mass is 32.1. The van der Waals surface area contributed by atoms with Gasteiger partial charge in [-0.05, 0) is 59.0 Å². The largest absolute Gasteiger partial charge is 0.499 e. The van der Waals surface area contributed by atoms with E-state index in [1.165, 1.54) is 22.4 Å². The smallest absolute Gasteiger partial charge is 0.497 e. The van der Waals surface area contributed by atoms with Crippen LogP contribution in [0.15, 0.2) is 71.7 Å². The van der Waals surface area contributed by atoms with Gasteiger partial charge in [-0.2, -0.15) is 36.9 Å². The van der Waals surface area contributed by atoms with Crippen molar-refractivity contribution in [2.24, 2.45) is 4.99 Å². The molecule has 0 radical (unpaired) electrons. The molecule has 3 aromatic carbocycles. The summed E-state index contributed by atoms with van der Waals surface area (Å²) < 4.78 is 74.8. The third-order valence-electron chi connectivity index (χ3n) is 6.82. The lowest BCUT2D eigenvalue weighted by Crippen LogP contribution is -2.41. The van der Waals surface area contributed by atoms with Gasteiger partial charge in [0.25, 0.3) is 0 Å². The Kier molecular flexibility index (Phi) is 11.3. The molecular weight excluding hydrogens is 639 g/mol. The van der Waals surface area contributed by atoms with Crippen LogP contribution in [-0.2, 0) is 6.42 Å². The number of ether oxygens (including phenoxy) is 2. The topological polar surface area (TPSA) is 97.4 Å². The number of anilines is 1. The fourth-order valence-corrected chi connectivity index (χ4v) is 4.72. The number of nitrogens with one attached hydrogen (secondary N) is 1. The van der Waals surface area contributed by atoms with Gasteiger partial charge in [-0.25, -0.2) is 0 Å². The molecule has 0 spiro atoms. The molecule has 0 amide bonds. The summed E-state index contributed by atoms with van der Waals surface area (Å²) in [5.41, 5.74) is 4.09. The molecule has 14 heteroatoms. The number of nitriles is 1. The number of methoxy groups -OCH3 is 1. The predicted molar refractivity (Wildman–Crippen MR) is 173 cm³/mol. The van der Waals surface area contributed by atoms with Gasteiger partial charge >= 0.3 is 12.3 Å². The molecule has 1 N–H and O–H groups in total. The van der Waals surface area contributed by atoms with Crippen molar-refractivity contribution in [3.63, 3.8) is 0 Å². The number of nitrogens with zero attached hydrogens (tertiary/aromatic N) is 5. The van der Waals surface area contributed by atoms with Crippen molar-refractivity contribution in [1.29, 1.82) is 5.26 Å². The SMILES string of the molecule is COc1ccc(C(C)C)c(CC(=S)CN=Cc2ccc(-c3nc(NCCC#N)n(-c4ccc(OC(F)(F)C(F)(F)F)cc4)n3)cc2)c1. The van der Waals surface area contributed by atoms with E-state index in [9.17, 15) is 22.0 Å². The van der Waals surface area contributed by atoms with Crippen LogP contribution in [0, 0.1) is 11.3 Å². The fraction of sp³-hybridized carbons (Fsp3) is 0.303. The van der Waals surface area contributed by atoms with E-state index >= 15 is 0 Å². The summed E-state index contributed by atoms with van der Waals surface area (Å²) >= 11 is 5.62. The molecule has 47 heavy (non-hydrogen) atoms. The zero-order chi connectivity index (χ0) is 34.2. The highest BCUT2D eigenvalue weighted by molar-refractivity contribution is 7.80. The van der Waals surface area contributed by atoms with E-state index < -0.39 is 18.0 Å². The van der Waals surface area contributed by atoms with Crippen LogP contribution in [0.2, 0.25) is 0 Å². The third kappa shape index (κ3) is 9.10. The molecule has 0 fully saturated rings. The summed E-state index contributed by atoms with van der Waals surface area (Å²) in [5.74, 6) is 0.972. The van der Waals surface area contributed by atoms with Gasteiger partial charge in [-0.1, -0.05) is 56.4 Å². The van der Waals surface area contributed by atoms with Crippen molar-refractivity contribution in [3.8, 4) is 34.6 Å². The number of halogens is 5. The number of benzene rings is 3. The third-order valence-corrected chi connectivity index (χ3v) is 7.09. The first kappa shape index (κ1) is 35.0. The summed E-state index contributed by atoms with van der Waals surface area (Å²) in [6, 6.07) is 19.7. The molecule has 0 aliphatic heterocycles. The van der Waals surface area contributed by atoms with E-state index in [4.69, 9.17) is 22.2 Å².